The molecule has 0 aliphatic carbocycles. The molecule has 234 valence electrons. The Balaban J connectivity index is 1.25. The lowest BCUT2D eigenvalue weighted by molar-refractivity contribution is 0.669. The summed E-state index contributed by atoms with van der Waals surface area (Å²) in [5, 5.41) is 4.30. The predicted octanol–water partition coefficient (Wildman–Crippen LogP) is 11.5. The Morgan fingerprint density at radius 3 is 1.60 bits per heavy atom. The summed E-state index contributed by atoms with van der Waals surface area (Å²) in [7, 11) is 0. The first-order valence-corrected chi connectivity index (χ1v) is 16.7. The van der Waals surface area contributed by atoms with Gasteiger partial charge in [-0.2, -0.15) is 9.97 Å². The summed E-state index contributed by atoms with van der Waals surface area (Å²) in [6, 6.07) is 58.5. The average Bonchev–Trinajstić information content (AvgIpc) is 3.75. The van der Waals surface area contributed by atoms with E-state index >= 15 is 0 Å². The van der Waals surface area contributed by atoms with Crippen LogP contribution in [0.3, 0.4) is 0 Å². The molecule has 3 heterocycles. The molecule has 7 aromatic carbocycles. The van der Waals surface area contributed by atoms with Crippen molar-refractivity contribution in [1.29, 1.82) is 0 Å². The van der Waals surface area contributed by atoms with Crippen molar-refractivity contribution in [3.63, 3.8) is 0 Å². The number of benzene rings is 7. The molecule has 0 spiro atoms. The third kappa shape index (κ3) is 4.52. The summed E-state index contributed by atoms with van der Waals surface area (Å²) in [5.41, 5.74) is 10.0. The van der Waals surface area contributed by atoms with Gasteiger partial charge in [0.05, 0.1) is 11.0 Å². The molecule has 0 bridgehead atoms. The molecule has 0 saturated heterocycles. The van der Waals surface area contributed by atoms with E-state index in [-0.39, 0.29) is 0 Å². The van der Waals surface area contributed by atoms with Crippen LogP contribution < -0.4 is 0 Å². The third-order valence-electron chi connectivity index (χ3n) is 9.48. The van der Waals surface area contributed by atoms with Crippen LogP contribution in [0.15, 0.2) is 174 Å². The van der Waals surface area contributed by atoms with Crippen LogP contribution in [0.2, 0.25) is 0 Å². The molecule has 0 unspecified atom stereocenters. The summed E-state index contributed by atoms with van der Waals surface area (Å²) in [5.74, 6) is 1.75. The highest BCUT2D eigenvalue weighted by Gasteiger charge is 2.21. The second-order valence-corrected chi connectivity index (χ2v) is 12.4. The Hall–Kier alpha value is -6.85. The van der Waals surface area contributed by atoms with Crippen molar-refractivity contribution in [2.75, 3.05) is 0 Å². The lowest BCUT2D eigenvalue weighted by atomic mass is 9.94. The Kier molecular flexibility index (Phi) is 6.42. The van der Waals surface area contributed by atoms with E-state index in [1.807, 2.05) is 54.6 Å². The minimum Gasteiger partial charge on any atom is -0.456 e. The van der Waals surface area contributed by atoms with Crippen LogP contribution in [-0.4, -0.2) is 19.5 Å². The van der Waals surface area contributed by atoms with Crippen molar-refractivity contribution < 1.29 is 4.42 Å². The highest BCUT2D eigenvalue weighted by molar-refractivity contribution is 6.17. The van der Waals surface area contributed by atoms with Gasteiger partial charge in [-0.1, -0.05) is 140 Å². The molecule has 10 aromatic rings. The first-order chi connectivity index (χ1) is 24.8. The molecule has 10 rings (SSSR count). The smallest absolute Gasteiger partial charge is 0.238 e. The maximum absolute atomic E-state index is 6.55. The molecule has 0 amide bonds. The number of nitrogens with zero attached hydrogens (tertiary/aromatic N) is 4. The zero-order valence-corrected chi connectivity index (χ0v) is 26.9. The van der Waals surface area contributed by atoms with E-state index in [1.54, 1.807) is 0 Å². The van der Waals surface area contributed by atoms with Crippen molar-refractivity contribution in [3.05, 3.63) is 170 Å². The maximum atomic E-state index is 6.55. The Morgan fingerprint density at radius 1 is 0.380 bits per heavy atom. The average molecular weight is 641 g/mol. The fourth-order valence-electron chi connectivity index (χ4n) is 7.23. The first-order valence-electron chi connectivity index (χ1n) is 16.7. The molecule has 5 nitrogen and oxygen atoms in total. The van der Waals surface area contributed by atoms with Crippen LogP contribution in [0, 0.1) is 0 Å². The van der Waals surface area contributed by atoms with Gasteiger partial charge in [0.1, 0.15) is 11.2 Å². The van der Waals surface area contributed by atoms with Crippen molar-refractivity contribution >= 4 is 43.7 Å². The van der Waals surface area contributed by atoms with Gasteiger partial charge in [0.25, 0.3) is 0 Å². The number of rotatable bonds is 5. The van der Waals surface area contributed by atoms with Gasteiger partial charge in [-0.25, -0.2) is 4.98 Å². The van der Waals surface area contributed by atoms with E-state index in [9.17, 15) is 0 Å². The highest BCUT2D eigenvalue weighted by atomic mass is 16.3. The summed E-state index contributed by atoms with van der Waals surface area (Å²) in [6.07, 6.45) is 0. The van der Waals surface area contributed by atoms with E-state index in [0.717, 1.165) is 71.6 Å². The number of hydrogen-bond acceptors (Lipinski definition) is 4. The fraction of sp³-hybridized carbons (Fsp3) is 0. The SMILES string of the molecule is c1ccc(-c2cccc(-c3cccc4oc5cccc(-c6nc(-c7ccccc7)nc(-n7c8ccccc8c8ccccc87)n6)c5c34)c2)cc1. The summed E-state index contributed by atoms with van der Waals surface area (Å²) in [6.45, 7) is 0. The Morgan fingerprint density at radius 2 is 0.900 bits per heavy atom. The topological polar surface area (TPSA) is 56.7 Å². The monoisotopic (exact) mass is 640 g/mol. The summed E-state index contributed by atoms with van der Waals surface area (Å²) >= 11 is 0. The number of hydrogen-bond donors (Lipinski definition) is 0. The molecule has 0 saturated carbocycles. The molecule has 0 atom stereocenters. The molecule has 50 heavy (non-hydrogen) atoms. The van der Waals surface area contributed by atoms with E-state index in [4.69, 9.17) is 19.4 Å². The first kappa shape index (κ1) is 28.2. The predicted molar refractivity (Wildman–Crippen MR) is 203 cm³/mol. The molecule has 0 aliphatic heterocycles. The minimum absolute atomic E-state index is 0.562. The largest absolute Gasteiger partial charge is 0.456 e. The van der Waals surface area contributed by atoms with E-state index in [2.05, 4.69) is 120 Å². The van der Waals surface area contributed by atoms with Gasteiger partial charge in [-0.3, -0.25) is 4.57 Å². The van der Waals surface area contributed by atoms with Gasteiger partial charge in [-0.15, -0.1) is 0 Å². The van der Waals surface area contributed by atoms with E-state index in [1.165, 1.54) is 5.56 Å². The number of para-hydroxylation sites is 2. The van der Waals surface area contributed by atoms with Gasteiger partial charge < -0.3 is 4.42 Å². The van der Waals surface area contributed by atoms with Crippen molar-refractivity contribution in [2.24, 2.45) is 0 Å². The van der Waals surface area contributed by atoms with E-state index in [0.29, 0.717) is 17.6 Å². The lowest BCUT2D eigenvalue weighted by Crippen LogP contribution is -2.06. The van der Waals surface area contributed by atoms with Crippen LogP contribution in [0.25, 0.3) is 94.7 Å². The van der Waals surface area contributed by atoms with Crippen LogP contribution >= 0.6 is 0 Å². The molecule has 0 radical (unpaired) electrons. The second-order valence-electron chi connectivity index (χ2n) is 12.4. The van der Waals surface area contributed by atoms with Gasteiger partial charge in [0, 0.05) is 32.7 Å². The molecule has 0 fully saturated rings. The van der Waals surface area contributed by atoms with Crippen LogP contribution in [0.5, 0.6) is 0 Å². The van der Waals surface area contributed by atoms with Crippen molar-refractivity contribution in [1.82, 2.24) is 19.5 Å². The quantitative estimate of drug-likeness (QED) is 0.188. The van der Waals surface area contributed by atoms with Crippen LogP contribution in [0.1, 0.15) is 0 Å². The highest BCUT2D eigenvalue weighted by Crippen LogP contribution is 2.42. The molecular weight excluding hydrogens is 613 g/mol. The summed E-state index contributed by atoms with van der Waals surface area (Å²) < 4.78 is 8.70. The van der Waals surface area contributed by atoms with Gasteiger partial charge in [0.2, 0.25) is 5.95 Å². The number of fused-ring (bicyclic) bond motifs is 6. The number of aromatic nitrogens is 4. The lowest BCUT2D eigenvalue weighted by Gasteiger charge is -2.12. The van der Waals surface area contributed by atoms with Gasteiger partial charge in [0.15, 0.2) is 11.6 Å². The molecular formula is C45H28N4O. The molecule has 0 aliphatic rings. The fourth-order valence-corrected chi connectivity index (χ4v) is 7.23. The van der Waals surface area contributed by atoms with Gasteiger partial charge >= 0.3 is 0 Å². The van der Waals surface area contributed by atoms with Crippen molar-refractivity contribution in [2.45, 2.75) is 0 Å². The zero-order valence-electron chi connectivity index (χ0n) is 26.9. The van der Waals surface area contributed by atoms with Crippen LogP contribution in [-0.2, 0) is 0 Å². The van der Waals surface area contributed by atoms with Crippen LogP contribution in [0.4, 0.5) is 0 Å². The normalized spacial score (nSPS) is 11.6. The van der Waals surface area contributed by atoms with E-state index < -0.39 is 0 Å². The maximum Gasteiger partial charge on any atom is 0.238 e. The minimum atomic E-state index is 0.562. The summed E-state index contributed by atoms with van der Waals surface area (Å²) in [4.78, 5) is 15.5. The second kappa shape index (κ2) is 11.4. The Bertz CT molecular complexity index is 2820. The zero-order chi connectivity index (χ0) is 33.0. The van der Waals surface area contributed by atoms with Gasteiger partial charge in [-0.05, 0) is 52.6 Å². The van der Waals surface area contributed by atoms with Crippen molar-refractivity contribution in [3.8, 4) is 51.0 Å². The Labute approximate surface area is 287 Å². The number of furan rings is 1. The molecule has 5 heteroatoms. The standard InChI is InChI=1S/C45H28N4O/c1-3-14-29(15-4-1)31-18-11-19-32(28-31)33-22-12-26-39-41(33)42-36(23-13-27-40(42)50-39)44-46-43(30-16-5-2-6-17-30)47-45(48-44)49-37-24-9-7-20-34(37)35-21-8-10-25-38(35)49/h1-28H. The molecule has 3 aromatic heterocycles. The molecule has 0 N–H and O–H groups in total. The third-order valence-corrected chi connectivity index (χ3v) is 9.48.